The van der Waals surface area contributed by atoms with E-state index in [0.717, 1.165) is 51.4 Å². The van der Waals surface area contributed by atoms with E-state index in [0.29, 0.717) is 0 Å². The lowest BCUT2D eigenvalue weighted by Gasteiger charge is -2.20. The zero-order valence-electron chi connectivity index (χ0n) is 11.1. The summed E-state index contributed by atoms with van der Waals surface area (Å²) >= 11 is 0. The fraction of sp³-hybridized carbons (Fsp3) is 0.643. The van der Waals surface area contributed by atoms with Gasteiger partial charge in [-0.2, -0.15) is 0 Å². The Labute approximate surface area is 109 Å². The molecule has 0 aromatic carbocycles. The number of pyridine rings is 1. The smallest absolute Gasteiger partial charge is 0.128 e. The summed E-state index contributed by atoms with van der Waals surface area (Å²) in [4.78, 5) is 6.83. The molecule has 1 aromatic rings. The standard InChI is InChI=1S/C14H23N3O/c1-2-13(15)10-12-4-5-14(16-11-12)17-6-3-8-18-9-7-17/h4-5,11,13H,2-3,6-10,15H2,1H3. The second kappa shape index (κ2) is 6.71. The molecule has 1 aromatic heterocycles. The third kappa shape index (κ3) is 3.68. The van der Waals surface area contributed by atoms with Crippen molar-refractivity contribution in [3.63, 3.8) is 0 Å². The van der Waals surface area contributed by atoms with Crippen LogP contribution in [0, 0.1) is 0 Å². The summed E-state index contributed by atoms with van der Waals surface area (Å²) in [5.41, 5.74) is 7.17. The van der Waals surface area contributed by atoms with E-state index >= 15 is 0 Å². The van der Waals surface area contributed by atoms with Gasteiger partial charge in [-0.15, -0.1) is 0 Å². The topological polar surface area (TPSA) is 51.4 Å². The lowest BCUT2D eigenvalue weighted by Crippen LogP contribution is -2.27. The maximum atomic E-state index is 5.95. The van der Waals surface area contributed by atoms with Crippen LogP contribution in [0.4, 0.5) is 5.82 Å². The fourth-order valence-corrected chi connectivity index (χ4v) is 2.15. The highest BCUT2D eigenvalue weighted by molar-refractivity contribution is 5.39. The van der Waals surface area contributed by atoms with Crippen molar-refractivity contribution >= 4 is 5.82 Å². The van der Waals surface area contributed by atoms with Crippen LogP contribution in [-0.4, -0.2) is 37.3 Å². The largest absolute Gasteiger partial charge is 0.380 e. The Balaban J connectivity index is 1.97. The SMILES string of the molecule is CCC(N)Cc1ccc(N2CCCOCC2)nc1. The van der Waals surface area contributed by atoms with E-state index in [9.17, 15) is 0 Å². The van der Waals surface area contributed by atoms with E-state index in [2.05, 4.69) is 28.9 Å². The first kappa shape index (κ1) is 13.3. The fourth-order valence-electron chi connectivity index (χ4n) is 2.15. The number of nitrogens with two attached hydrogens (primary N) is 1. The predicted molar refractivity (Wildman–Crippen MR) is 73.9 cm³/mol. The van der Waals surface area contributed by atoms with E-state index in [1.807, 2.05) is 6.20 Å². The Morgan fingerprint density at radius 3 is 3.00 bits per heavy atom. The zero-order valence-corrected chi connectivity index (χ0v) is 11.1. The molecular weight excluding hydrogens is 226 g/mol. The van der Waals surface area contributed by atoms with Crippen LogP contribution in [0.25, 0.3) is 0 Å². The molecule has 0 radical (unpaired) electrons. The summed E-state index contributed by atoms with van der Waals surface area (Å²) in [6.45, 7) is 5.73. The first-order chi connectivity index (χ1) is 8.79. The van der Waals surface area contributed by atoms with Gasteiger partial charge >= 0.3 is 0 Å². The minimum atomic E-state index is 0.240. The molecule has 0 amide bonds. The van der Waals surface area contributed by atoms with E-state index in [1.165, 1.54) is 5.56 Å². The Kier molecular flexibility index (Phi) is 4.96. The van der Waals surface area contributed by atoms with Gasteiger partial charge in [-0.05, 0) is 30.9 Å². The van der Waals surface area contributed by atoms with Gasteiger partial charge in [-0.25, -0.2) is 4.98 Å². The van der Waals surface area contributed by atoms with Crippen molar-refractivity contribution in [1.82, 2.24) is 4.98 Å². The summed E-state index contributed by atoms with van der Waals surface area (Å²) in [7, 11) is 0. The Morgan fingerprint density at radius 2 is 2.28 bits per heavy atom. The number of ether oxygens (including phenoxy) is 1. The third-order valence-electron chi connectivity index (χ3n) is 3.38. The number of anilines is 1. The number of rotatable bonds is 4. The lowest BCUT2D eigenvalue weighted by atomic mass is 10.1. The number of hydrogen-bond acceptors (Lipinski definition) is 4. The van der Waals surface area contributed by atoms with Crippen LogP contribution in [0.1, 0.15) is 25.3 Å². The zero-order chi connectivity index (χ0) is 12.8. The van der Waals surface area contributed by atoms with Gasteiger partial charge in [-0.1, -0.05) is 13.0 Å². The van der Waals surface area contributed by atoms with Crippen molar-refractivity contribution < 1.29 is 4.74 Å². The molecule has 1 aliphatic heterocycles. The molecule has 18 heavy (non-hydrogen) atoms. The number of hydrogen-bond donors (Lipinski definition) is 1. The molecule has 0 spiro atoms. The molecule has 100 valence electrons. The minimum absolute atomic E-state index is 0.240. The highest BCUT2D eigenvalue weighted by Crippen LogP contribution is 2.14. The van der Waals surface area contributed by atoms with Crippen molar-refractivity contribution in [2.45, 2.75) is 32.2 Å². The van der Waals surface area contributed by atoms with Crippen molar-refractivity contribution in [2.24, 2.45) is 5.73 Å². The maximum absolute atomic E-state index is 5.95. The highest BCUT2D eigenvalue weighted by Gasteiger charge is 2.11. The van der Waals surface area contributed by atoms with Crippen LogP contribution in [-0.2, 0) is 11.2 Å². The lowest BCUT2D eigenvalue weighted by molar-refractivity contribution is 0.152. The number of nitrogens with zero attached hydrogens (tertiary/aromatic N) is 2. The van der Waals surface area contributed by atoms with Crippen molar-refractivity contribution in [3.8, 4) is 0 Å². The molecule has 4 nitrogen and oxygen atoms in total. The molecule has 2 rings (SSSR count). The number of aromatic nitrogens is 1. The quantitative estimate of drug-likeness (QED) is 0.880. The molecule has 1 aliphatic rings. The van der Waals surface area contributed by atoms with E-state index in [4.69, 9.17) is 10.5 Å². The molecule has 1 unspecified atom stereocenters. The first-order valence-corrected chi connectivity index (χ1v) is 6.83. The summed E-state index contributed by atoms with van der Waals surface area (Å²) in [6, 6.07) is 4.48. The van der Waals surface area contributed by atoms with Gasteiger partial charge in [0, 0.05) is 31.9 Å². The third-order valence-corrected chi connectivity index (χ3v) is 3.38. The van der Waals surface area contributed by atoms with Crippen LogP contribution in [0.15, 0.2) is 18.3 Å². The van der Waals surface area contributed by atoms with Crippen LogP contribution >= 0.6 is 0 Å². The van der Waals surface area contributed by atoms with Crippen molar-refractivity contribution in [1.29, 1.82) is 0 Å². The maximum Gasteiger partial charge on any atom is 0.128 e. The van der Waals surface area contributed by atoms with Gasteiger partial charge in [0.25, 0.3) is 0 Å². The molecular formula is C14H23N3O. The summed E-state index contributed by atoms with van der Waals surface area (Å²) in [6.07, 6.45) is 4.94. The van der Waals surface area contributed by atoms with Gasteiger partial charge in [0.2, 0.25) is 0 Å². The van der Waals surface area contributed by atoms with Crippen LogP contribution in [0.2, 0.25) is 0 Å². The van der Waals surface area contributed by atoms with Gasteiger partial charge in [0.05, 0.1) is 6.61 Å². The molecule has 2 heterocycles. The Morgan fingerprint density at radius 1 is 1.39 bits per heavy atom. The normalized spacial score (nSPS) is 18.4. The molecule has 4 heteroatoms. The summed E-state index contributed by atoms with van der Waals surface area (Å²) in [5.74, 6) is 1.05. The van der Waals surface area contributed by atoms with Crippen LogP contribution in [0.3, 0.4) is 0 Å². The summed E-state index contributed by atoms with van der Waals surface area (Å²) < 4.78 is 5.45. The van der Waals surface area contributed by atoms with Crippen LogP contribution < -0.4 is 10.6 Å². The molecule has 1 saturated heterocycles. The second-order valence-corrected chi connectivity index (χ2v) is 4.85. The van der Waals surface area contributed by atoms with Gasteiger partial charge in [0.1, 0.15) is 5.82 Å². The molecule has 1 fully saturated rings. The van der Waals surface area contributed by atoms with E-state index in [1.54, 1.807) is 0 Å². The highest BCUT2D eigenvalue weighted by atomic mass is 16.5. The van der Waals surface area contributed by atoms with Crippen molar-refractivity contribution in [2.75, 3.05) is 31.2 Å². The van der Waals surface area contributed by atoms with Gasteiger partial charge < -0.3 is 15.4 Å². The molecule has 1 atom stereocenters. The Bertz CT molecular complexity index is 345. The molecule has 0 saturated carbocycles. The van der Waals surface area contributed by atoms with Gasteiger partial charge in [-0.3, -0.25) is 0 Å². The second-order valence-electron chi connectivity index (χ2n) is 4.85. The average Bonchev–Trinajstić information content (AvgIpc) is 2.68. The monoisotopic (exact) mass is 249 g/mol. The summed E-state index contributed by atoms with van der Waals surface area (Å²) in [5, 5.41) is 0. The average molecular weight is 249 g/mol. The molecule has 2 N–H and O–H groups in total. The Hall–Kier alpha value is -1.13. The van der Waals surface area contributed by atoms with E-state index < -0.39 is 0 Å². The minimum Gasteiger partial charge on any atom is -0.380 e. The molecule has 0 bridgehead atoms. The predicted octanol–water partition coefficient (Wildman–Crippen LogP) is 1.59. The van der Waals surface area contributed by atoms with Gasteiger partial charge in [0.15, 0.2) is 0 Å². The van der Waals surface area contributed by atoms with E-state index in [-0.39, 0.29) is 6.04 Å². The first-order valence-electron chi connectivity index (χ1n) is 6.83. The van der Waals surface area contributed by atoms with Crippen LogP contribution in [0.5, 0.6) is 0 Å². The van der Waals surface area contributed by atoms with Crippen molar-refractivity contribution in [3.05, 3.63) is 23.9 Å². The molecule has 0 aliphatic carbocycles.